The van der Waals surface area contributed by atoms with E-state index in [1.807, 2.05) is 0 Å². The highest BCUT2D eigenvalue weighted by molar-refractivity contribution is 5.91. The summed E-state index contributed by atoms with van der Waals surface area (Å²) in [7, 11) is 1.77. The summed E-state index contributed by atoms with van der Waals surface area (Å²) in [6, 6.07) is 6.22. The summed E-state index contributed by atoms with van der Waals surface area (Å²) in [5.74, 6) is -1.29. The quantitative estimate of drug-likeness (QED) is 0.632. The van der Waals surface area contributed by atoms with Crippen molar-refractivity contribution in [1.82, 2.24) is 5.32 Å². The van der Waals surface area contributed by atoms with Gasteiger partial charge in [-0.25, -0.2) is 4.79 Å². The molecule has 6 nitrogen and oxygen atoms in total. The van der Waals surface area contributed by atoms with Gasteiger partial charge in [-0.15, -0.1) is 0 Å². The summed E-state index contributed by atoms with van der Waals surface area (Å²) in [6.07, 6.45) is -1.48. The van der Waals surface area contributed by atoms with Crippen LogP contribution in [-0.4, -0.2) is 41.0 Å². The molecule has 0 radical (unpaired) electrons. The molecule has 0 saturated carbocycles. The van der Waals surface area contributed by atoms with Crippen LogP contribution in [0.25, 0.3) is 11.0 Å². The average molecular weight is 279 g/mol. The number of nitrogens with one attached hydrogen (secondary N) is 1. The van der Waals surface area contributed by atoms with Gasteiger partial charge >= 0.3 is 5.97 Å². The van der Waals surface area contributed by atoms with E-state index in [-0.39, 0.29) is 5.76 Å². The first-order valence-corrected chi connectivity index (χ1v) is 6.30. The fourth-order valence-corrected chi connectivity index (χ4v) is 2.02. The Kier molecular flexibility index (Phi) is 4.39. The van der Waals surface area contributed by atoms with E-state index in [0.29, 0.717) is 29.5 Å². The van der Waals surface area contributed by atoms with Gasteiger partial charge in [-0.05, 0) is 43.8 Å². The number of hydrogen-bond acceptors (Lipinski definition) is 5. The third-order valence-electron chi connectivity index (χ3n) is 3.15. The van der Waals surface area contributed by atoms with Gasteiger partial charge in [0, 0.05) is 5.39 Å². The fourth-order valence-electron chi connectivity index (χ4n) is 2.02. The van der Waals surface area contributed by atoms with Gasteiger partial charge in [0.1, 0.15) is 11.7 Å². The summed E-state index contributed by atoms with van der Waals surface area (Å²) in [4.78, 5) is 10.8. The SMILES string of the molecule is CNCCC(O)C(O)c1ccc2oc(C(=O)O)cc2c1. The van der Waals surface area contributed by atoms with Crippen molar-refractivity contribution in [2.75, 3.05) is 13.6 Å². The summed E-state index contributed by atoms with van der Waals surface area (Å²) in [5.41, 5.74) is 0.960. The molecular formula is C14H17NO5. The second-order valence-electron chi connectivity index (χ2n) is 4.62. The molecule has 4 N–H and O–H groups in total. The van der Waals surface area contributed by atoms with Crippen LogP contribution in [0.4, 0.5) is 0 Å². The fraction of sp³-hybridized carbons (Fsp3) is 0.357. The molecule has 0 aliphatic carbocycles. The van der Waals surface area contributed by atoms with E-state index in [9.17, 15) is 15.0 Å². The number of carboxylic acid groups (broad SMARTS) is 1. The van der Waals surface area contributed by atoms with E-state index in [4.69, 9.17) is 9.52 Å². The molecule has 108 valence electrons. The van der Waals surface area contributed by atoms with Gasteiger partial charge in [-0.1, -0.05) is 6.07 Å². The number of aliphatic hydroxyl groups excluding tert-OH is 2. The molecule has 0 fully saturated rings. The van der Waals surface area contributed by atoms with Crippen molar-refractivity contribution in [2.45, 2.75) is 18.6 Å². The number of aromatic carboxylic acids is 1. The average Bonchev–Trinajstić information content (AvgIpc) is 2.87. The Labute approximate surface area is 115 Å². The van der Waals surface area contributed by atoms with Crippen molar-refractivity contribution >= 4 is 16.9 Å². The smallest absolute Gasteiger partial charge is 0.371 e. The molecule has 0 amide bonds. The van der Waals surface area contributed by atoms with E-state index in [2.05, 4.69) is 5.32 Å². The molecule has 0 aliphatic heterocycles. The van der Waals surface area contributed by atoms with E-state index < -0.39 is 18.2 Å². The topological polar surface area (TPSA) is 103 Å². The lowest BCUT2D eigenvalue weighted by molar-refractivity contribution is 0.0141. The van der Waals surface area contributed by atoms with Gasteiger partial charge in [0.2, 0.25) is 5.76 Å². The van der Waals surface area contributed by atoms with Crippen LogP contribution in [0.5, 0.6) is 0 Å². The molecule has 0 spiro atoms. The van der Waals surface area contributed by atoms with Crippen LogP contribution in [0.1, 0.15) is 28.6 Å². The van der Waals surface area contributed by atoms with Crippen LogP contribution < -0.4 is 5.32 Å². The molecule has 2 rings (SSSR count). The van der Waals surface area contributed by atoms with Crippen LogP contribution in [0.2, 0.25) is 0 Å². The maximum atomic E-state index is 10.8. The minimum absolute atomic E-state index is 0.151. The molecular weight excluding hydrogens is 262 g/mol. The molecule has 1 aromatic carbocycles. The number of benzene rings is 1. The highest BCUT2D eigenvalue weighted by Gasteiger charge is 2.19. The predicted molar refractivity (Wildman–Crippen MR) is 72.7 cm³/mol. The molecule has 2 unspecified atom stereocenters. The minimum atomic E-state index is -1.14. The van der Waals surface area contributed by atoms with Gasteiger partial charge in [0.05, 0.1) is 6.10 Å². The molecule has 0 aliphatic rings. The van der Waals surface area contributed by atoms with Crippen LogP contribution in [0.3, 0.4) is 0 Å². The third-order valence-corrected chi connectivity index (χ3v) is 3.15. The molecule has 2 aromatic rings. The van der Waals surface area contributed by atoms with Crippen molar-refractivity contribution in [2.24, 2.45) is 0 Å². The Morgan fingerprint density at radius 2 is 2.10 bits per heavy atom. The normalized spacial score (nSPS) is 14.3. The van der Waals surface area contributed by atoms with E-state index in [1.54, 1.807) is 25.2 Å². The van der Waals surface area contributed by atoms with Crippen molar-refractivity contribution in [3.05, 3.63) is 35.6 Å². The maximum Gasteiger partial charge on any atom is 0.371 e. The number of carbonyl (C=O) groups is 1. The zero-order valence-corrected chi connectivity index (χ0v) is 11.0. The van der Waals surface area contributed by atoms with Crippen LogP contribution >= 0.6 is 0 Å². The lowest BCUT2D eigenvalue weighted by atomic mass is 10.0. The zero-order chi connectivity index (χ0) is 14.7. The Hall–Kier alpha value is -1.89. The Morgan fingerprint density at radius 3 is 2.75 bits per heavy atom. The number of furan rings is 1. The monoisotopic (exact) mass is 279 g/mol. The zero-order valence-electron chi connectivity index (χ0n) is 11.0. The van der Waals surface area contributed by atoms with Crippen LogP contribution in [-0.2, 0) is 0 Å². The first-order valence-electron chi connectivity index (χ1n) is 6.30. The predicted octanol–water partition coefficient (Wildman–Crippen LogP) is 1.13. The van der Waals surface area contributed by atoms with Gasteiger partial charge in [-0.3, -0.25) is 0 Å². The number of rotatable bonds is 6. The van der Waals surface area contributed by atoms with Crippen molar-refractivity contribution < 1.29 is 24.5 Å². The molecule has 0 bridgehead atoms. The molecule has 2 atom stereocenters. The number of carboxylic acids is 1. The Morgan fingerprint density at radius 1 is 1.35 bits per heavy atom. The molecule has 0 saturated heterocycles. The molecule has 6 heteroatoms. The maximum absolute atomic E-state index is 10.8. The third kappa shape index (κ3) is 2.98. The molecule has 20 heavy (non-hydrogen) atoms. The summed E-state index contributed by atoms with van der Waals surface area (Å²) in [5, 5.41) is 32.3. The van der Waals surface area contributed by atoms with Crippen LogP contribution in [0.15, 0.2) is 28.7 Å². The Balaban J connectivity index is 2.24. The summed E-state index contributed by atoms with van der Waals surface area (Å²) >= 11 is 0. The number of hydrogen-bond donors (Lipinski definition) is 4. The van der Waals surface area contributed by atoms with Gasteiger partial charge in [0.15, 0.2) is 0 Å². The lowest BCUT2D eigenvalue weighted by Crippen LogP contribution is -2.23. The van der Waals surface area contributed by atoms with Crippen molar-refractivity contribution in [3.63, 3.8) is 0 Å². The minimum Gasteiger partial charge on any atom is -0.475 e. The number of fused-ring (bicyclic) bond motifs is 1. The van der Waals surface area contributed by atoms with E-state index >= 15 is 0 Å². The van der Waals surface area contributed by atoms with Gasteiger partial charge in [0.25, 0.3) is 0 Å². The first-order chi connectivity index (χ1) is 9.52. The Bertz CT molecular complexity index is 607. The number of aliphatic hydroxyl groups is 2. The largest absolute Gasteiger partial charge is 0.475 e. The molecule has 1 heterocycles. The molecule has 1 aromatic heterocycles. The van der Waals surface area contributed by atoms with Crippen molar-refractivity contribution in [3.8, 4) is 0 Å². The van der Waals surface area contributed by atoms with Gasteiger partial charge < -0.3 is 25.1 Å². The summed E-state index contributed by atoms with van der Waals surface area (Å²) in [6.45, 7) is 0.593. The van der Waals surface area contributed by atoms with Crippen LogP contribution in [0, 0.1) is 0 Å². The lowest BCUT2D eigenvalue weighted by Gasteiger charge is -2.17. The highest BCUT2D eigenvalue weighted by atomic mass is 16.4. The standard InChI is InChI=1S/C14H17NO5/c1-15-5-4-10(16)13(17)8-2-3-11-9(6-8)7-12(20-11)14(18)19/h2-3,6-7,10,13,15-17H,4-5H2,1H3,(H,18,19). The van der Waals surface area contributed by atoms with E-state index in [1.165, 1.54) is 6.07 Å². The highest BCUT2D eigenvalue weighted by Crippen LogP contribution is 2.26. The first kappa shape index (κ1) is 14.5. The van der Waals surface area contributed by atoms with Crippen molar-refractivity contribution in [1.29, 1.82) is 0 Å². The van der Waals surface area contributed by atoms with Gasteiger partial charge in [-0.2, -0.15) is 0 Å². The van der Waals surface area contributed by atoms with E-state index in [0.717, 1.165) is 0 Å². The summed E-state index contributed by atoms with van der Waals surface area (Å²) < 4.78 is 5.14. The second kappa shape index (κ2) is 6.04. The second-order valence-corrected chi connectivity index (χ2v) is 4.62.